The molecular formula is C13H12O3. The van der Waals surface area contributed by atoms with Crippen LogP contribution in [0.4, 0.5) is 0 Å². The lowest BCUT2D eigenvalue weighted by atomic mass is 10.0. The number of benzene rings is 2. The zero-order valence-corrected chi connectivity index (χ0v) is 8.81. The zero-order chi connectivity index (χ0) is 11.7. The second-order valence-electron chi connectivity index (χ2n) is 3.63. The largest absolute Gasteiger partial charge is 0.507 e. The third-order valence-electron chi connectivity index (χ3n) is 2.57. The summed E-state index contributed by atoms with van der Waals surface area (Å²) in [5.41, 5.74) is 1.57. The second kappa shape index (κ2) is 3.77. The second-order valence-corrected chi connectivity index (χ2v) is 3.63. The highest BCUT2D eigenvalue weighted by Gasteiger charge is 2.14. The van der Waals surface area contributed by atoms with Crippen LogP contribution in [0, 0.1) is 6.92 Å². The lowest BCUT2D eigenvalue weighted by Crippen LogP contribution is -1.84. The average Bonchev–Trinajstić information content (AvgIpc) is 2.32. The number of hydrogen-bond acceptors (Lipinski definition) is 3. The Kier molecular flexibility index (Phi) is 2.44. The SMILES string of the molecule is Cc1c(O)c(O)cc(-c2ccccc2)c1O. The van der Waals surface area contributed by atoms with E-state index in [9.17, 15) is 15.3 Å². The first-order valence-corrected chi connectivity index (χ1v) is 4.91. The summed E-state index contributed by atoms with van der Waals surface area (Å²) in [5, 5.41) is 28.8. The molecule has 0 fully saturated rings. The Balaban J connectivity index is 2.68. The van der Waals surface area contributed by atoms with Gasteiger partial charge in [0, 0.05) is 11.1 Å². The van der Waals surface area contributed by atoms with E-state index in [1.54, 1.807) is 6.92 Å². The van der Waals surface area contributed by atoms with Crippen LogP contribution in [0.25, 0.3) is 11.1 Å². The summed E-state index contributed by atoms with van der Waals surface area (Å²) in [6.45, 7) is 1.55. The zero-order valence-electron chi connectivity index (χ0n) is 8.81. The summed E-state index contributed by atoms with van der Waals surface area (Å²) in [4.78, 5) is 0. The minimum absolute atomic E-state index is 0.0125. The maximum Gasteiger partial charge on any atom is 0.164 e. The van der Waals surface area contributed by atoms with Gasteiger partial charge in [-0.15, -0.1) is 0 Å². The molecule has 2 aromatic carbocycles. The monoisotopic (exact) mass is 216 g/mol. The molecule has 0 saturated heterocycles. The van der Waals surface area contributed by atoms with Gasteiger partial charge < -0.3 is 15.3 Å². The van der Waals surface area contributed by atoms with Gasteiger partial charge in [0.15, 0.2) is 11.5 Å². The molecule has 0 aromatic heterocycles. The van der Waals surface area contributed by atoms with Crippen LogP contribution in [0.15, 0.2) is 36.4 Å². The number of phenolic OH excluding ortho intramolecular Hbond substituents is 3. The molecule has 0 saturated carbocycles. The van der Waals surface area contributed by atoms with Crippen LogP contribution in [0.1, 0.15) is 5.56 Å². The maximum atomic E-state index is 9.89. The van der Waals surface area contributed by atoms with Crippen molar-refractivity contribution in [2.75, 3.05) is 0 Å². The Morgan fingerprint density at radius 2 is 1.50 bits per heavy atom. The van der Waals surface area contributed by atoms with Gasteiger partial charge in [-0.3, -0.25) is 0 Å². The van der Waals surface area contributed by atoms with Gasteiger partial charge >= 0.3 is 0 Å². The van der Waals surface area contributed by atoms with E-state index in [4.69, 9.17) is 0 Å². The molecule has 82 valence electrons. The number of aromatic hydroxyl groups is 3. The van der Waals surface area contributed by atoms with E-state index in [0.29, 0.717) is 5.56 Å². The first-order chi connectivity index (χ1) is 7.61. The standard InChI is InChI=1S/C13H12O3/c1-8-12(15)10(7-11(14)13(8)16)9-5-3-2-4-6-9/h2-7,14-16H,1H3. The van der Waals surface area contributed by atoms with Gasteiger partial charge in [0.1, 0.15) is 5.75 Å². The van der Waals surface area contributed by atoms with Gasteiger partial charge in [0.25, 0.3) is 0 Å². The van der Waals surface area contributed by atoms with Crippen molar-refractivity contribution in [1.82, 2.24) is 0 Å². The Morgan fingerprint density at radius 3 is 2.12 bits per heavy atom. The summed E-state index contributed by atoms with van der Waals surface area (Å²) >= 11 is 0. The molecule has 0 spiro atoms. The van der Waals surface area contributed by atoms with Crippen molar-refractivity contribution in [2.24, 2.45) is 0 Å². The topological polar surface area (TPSA) is 60.7 Å². The smallest absolute Gasteiger partial charge is 0.164 e. The molecule has 3 N–H and O–H groups in total. The molecule has 0 bridgehead atoms. The van der Waals surface area contributed by atoms with Gasteiger partial charge in [0.2, 0.25) is 0 Å². The Labute approximate surface area is 93.2 Å². The average molecular weight is 216 g/mol. The third kappa shape index (κ3) is 1.56. The molecule has 3 heteroatoms. The number of rotatable bonds is 1. The minimum atomic E-state index is -0.280. The van der Waals surface area contributed by atoms with Gasteiger partial charge in [-0.25, -0.2) is 0 Å². The summed E-state index contributed by atoms with van der Waals surface area (Å²) < 4.78 is 0. The van der Waals surface area contributed by atoms with E-state index in [0.717, 1.165) is 5.56 Å². The van der Waals surface area contributed by atoms with Crippen molar-refractivity contribution in [2.45, 2.75) is 6.92 Å². The van der Waals surface area contributed by atoms with Gasteiger partial charge in [0.05, 0.1) is 0 Å². The molecule has 0 heterocycles. The highest BCUT2D eigenvalue weighted by Crippen LogP contribution is 2.42. The lowest BCUT2D eigenvalue weighted by molar-refractivity contribution is 0.393. The van der Waals surface area contributed by atoms with Crippen LogP contribution >= 0.6 is 0 Å². The molecule has 0 radical (unpaired) electrons. The molecule has 0 unspecified atom stereocenters. The van der Waals surface area contributed by atoms with Crippen LogP contribution in [0.3, 0.4) is 0 Å². The lowest BCUT2D eigenvalue weighted by Gasteiger charge is -2.10. The van der Waals surface area contributed by atoms with Crippen molar-refractivity contribution >= 4 is 0 Å². The molecule has 16 heavy (non-hydrogen) atoms. The molecule has 2 aromatic rings. The highest BCUT2D eigenvalue weighted by molar-refractivity contribution is 5.75. The first-order valence-electron chi connectivity index (χ1n) is 4.91. The van der Waals surface area contributed by atoms with E-state index in [1.807, 2.05) is 30.3 Å². The molecule has 0 amide bonds. The molecule has 0 atom stereocenters. The molecule has 3 nitrogen and oxygen atoms in total. The summed E-state index contributed by atoms with van der Waals surface area (Å²) in [5.74, 6) is -0.521. The summed E-state index contributed by atoms with van der Waals surface area (Å²) in [7, 11) is 0. The van der Waals surface area contributed by atoms with Crippen LogP contribution in [-0.4, -0.2) is 15.3 Å². The molecular weight excluding hydrogens is 204 g/mol. The summed E-state index contributed by atoms with van der Waals surface area (Å²) in [6, 6.07) is 10.6. The number of phenols is 3. The van der Waals surface area contributed by atoms with Crippen molar-refractivity contribution in [3.8, 4) is 28.4 Å². The molecule has 2 rings (SSSR count). The number of hydrogen-bond donors (Lipinski definition) is 3. The fourth-order valence-electron chi connectivity index (χ4n) is 1.62. The first kappa shape index (κ1) is 10.4. The van der Waals surface area contributed by atoms with Crippen LogP contribution in [-0.2, 0) is 0 Å². The van der Waals surface area contributed by atoms with Gasteiger partial charge in [-0.2, -0.15) is 0 Å². The predicted molar refractivity (Wildman–Crippen MR) is 61.6 cm³/mol. The van der Waals surface area contributed by atoms with Crippen molar-refractivity contribution in [3.05, 3.63) is 42.0 Å². The van der Waals surface area contributed by atoms with E-state index < -0.39 is 0 Å². The van der Waals surface area contributed by atoms with Gasteiger partial charge in [-0.05, 0) is 18.6 Å². The molecule has 0 aliphatic rings. The van der Waals surface area contributed by atoms with Crippen molar-refractivity contribution in [3.63, 3.8) is 0 Å². The Morgan fingerprint density at radius 1 is 0.875 bits per heavy atom. The van der Waals surface area contributed by atoms with Crippen molar-refractivity contribution in [1.29, 1.82) is 0 Å². The highest BCUT2D eigenvalue weighted by atomic mass is 16.3. The quantitative estimate of drug-likeness (QED) is 0.507. The van der Waals surface area contributed by atoms with E-state index in [1.165, 1.54) is 6.07 Å². The fourth-order valence-corrected chi connectivity index (χ4v) is 1.62. The Hall–Kier alpha value is -2.16. The van der Waals surface area contributed by atoms with Crippen LogP contribution in [0.2, 0.25) is 0 Å². The van der Waals surface area contributed by atoms with Crippen molar-refractivity contribution < 1.29 is 15.3 Å². The molecule has 0 aliphatic carbocycles. The Bertz CT molecular complexity index is 518. The van der Waals surface area contributed by atoms with E-state index in [2.05, 4.69) is 0 Å². The van der Waals surface area contributed by atoms with Crippen LogP contribution < -0.4 is 0 Å². The minimum Gasteiger partial charge on any atom is -0.507 e. The van der Waals surface area contributed by atoms with E-state index >= 15 is 0 Å². The maximum absolute atomic E-state index is 9.89. The van der Waals surface area contributed by atoms with E-state index in [-0.39, 0.29) is 22.8 Å². The third-order valence-corrected chi connectivity index (χ3v) is 2.57. The predicted octanol–water partition coefficient (Wildman–Crippen LogP) is 2.78. The molecule has 0 aliphatic heterocycles. The van der Waals surface area contributed by atoms with Gasteiger partial charge in [-0.1, -0.05) is 30.3 Å². The summed E-state index contributed by atoms with van der Waals surface area (Å²) in [6.07, 6.45) is 0. The van der Waals surface area contributed by atoms with Crippen LogP contribution in [0.5, 0.6) is 17.2 Å². The fraction of sp³-hybridized carbons (Fsp3) is 0.0769. The normalized spacial score (nSPS) is 10.3.